The van der Waals surface area contributed by atoms with E-state index in [1.54, 1.807) is 7.11 Å². The predicted molar refractivity (Wildman–Crippen MR) is 102 cm³/mol. The van der Waals surface area contributed by atoms with E-state index in [2.05, 4.69) is 5.32 Å². The van der Waals surface area contributed by atoms with Crippen LogP contribution in [0.5, 0.6) is 11.5 Å². The number of aliphatic carboxylic acids is 1. The molecule has 0 radical (unpaired) electrons. The van der Waals surface area contributed by atoms with Gasteiger partial charge in [-0.2, -0.15) is 0 Å². The number of amides is 1. The van der Waals surface area contributed by atoms with Crippen molar-refractivity contribution >= 4 is 23.5 Å². The number of carbonyl (C=O) groups is 2. The van der Waals surface area contributed by atoms with Crippen molar-refractivity contribution in [1.82, 2.24) is 5.32 Å². The molecule has 2 rings (SSSR count). The van der Waals surface area contributed by atoms with E-state index in [-0.39, 0.29) is 18.7 Å². The molecule has 0 saturated carbocycles. The second-order valence-electron chi connectivity index (χ2n) is 5.86. The van der Waals surface area contributed by atoms with Crippen molar-refractivity contribution in [1.29, 1.82) is 0 Å². The normalized spacial score (nSPS) is 10.3. The molecule has 0 fully saturated rings. The number of carbonyl (C=O) groups excluding carboxylic acids is 1. The van der Waals surface area contributed by atoms with Gasteiger partial charge >= 0.3 is 5.97 Å². The first-order valence-corrected chi connectivity index (χ1v) is 8.89. The molecule has 0 spiro atoms. The molecule has 0 atom stereocenters. The Balaban J connectivity index is 1.88. The first kappa shape index (κ1) is 20.6. The maximum Gasteiger partial charge on any atom is 0.303 e. The van der Waals surface area contributed by atoms with Gasteiger partial charge < -0.3 is 19.9 Å². The van der Waals surface area contributed by atoms with Gasteiger partial charge in [0.15, 0.2) is 11.5 Å². The first-order chi connectivity index (χ1) is 13.0. The van der Waals surface area contributed by atoms with Gasteiger partial charge in [-0.25, -0.2) is 0 Å². The van der Waals surface area contributed by atoms with Crippen molar-refractivity contribution in [3.63, 3.8) is 0 Å². The zero-order valence-electron chi connectivity index (χ0n) is 15.0. The fourth-order valence-corrected chi connectivity index (χ4v) is 2.60. The van der Waals surface area contributed by atoms with Crippen LogP contribution in [0.4, 0.5) is 0 Å². The lowest BCUT2D eigenvalue weighted by Crippen LogP contribution is -2.26. The Labute approximate surface area is 163 Å². The van der Waals surface area contributed by atoms with Crippen LogP contribution >= 0.6 is 11.6 Å². The van der Waals surface area contributed by atoms with Crippen molar-refractivity contribution < 1.29 is 24.2 Å². The van der Waals surface area contributed by atoms with Crippen LogP contribution in [0.3, 0.4) is 0 Å². The third-order valence-corrected chi connectivity index (χ3v) is 4.24. The molecule has 2 aromatic carbocycles. The van der Waals surface area contributed by atoms with Crippen LogP contribution in [0.15, 0.2) is 42.5 Å². The van der Waals surface area contributed by atoms with E-state index in [1.807, 2.05) is 42.5 Å². The molecule has 0 saturated heterocycles. The molecule has 0 aliphatic heterocycles. The summed E-state index contributed by atoms with van der Waals surface area (Å²) >= 11 is 6.13. The summed E-state index contributed by atoms with van der Waals surface area (Å²) in [5, 5.41) is 11.9. The molecule has 0 aliphatic carbocycles. The summed E-state index contributed by atoms with van der Waals surface area (Å²) in [6, 6.07) is 13.0. The predicted octanol–water partition coefficient (Wildman–Crippen LogP) is 3.45. The van der Waals surface area contributed by atoms with Gasteiger partial charge in [0.25, 0.3) is 0 Å². The number of benzene rings is 2. The molecule has 27 heavy (non-hydrogen) atoms. The highest BCUT2D eigenvalue weighted by Crippen LogP contribution is 2.29. The number of hydrogen-bond donors (Lipinski definition) is 2. The number of carboxylic acid groups (broad SMARTS) is 1. The smallest absolute Gasteiger partial charge is 0.303 e. The van der Waals surface area contributed by atoms with Gasteiger partial charge in [-0.05, 0) is 30.2 Å². The van der Waals surface area contributed by atoms with Crippen LogP contribution in [-0.2, 0) is 22.6 Å². The Morgan fingerprint density at radius 3 is 2.59 bits per heavy atom. The summed E-state index contributed by atoms with van der Waals surface area (Å²) in [7, 11) is 1.56. The van der Waals surface area contributed by atoms with Gasteiger partial charge in [-0.15, -0.1) is 0 Å². The quantitative estimate of drug-likeness (QED) is 0.648. The number of nitrogens with one attached hydrogen (secondary N) is 1. The lowest BCUT2D eigenvalue weighted by atomic mass is 10.1. The van der Waals surface area contributed by atoms with Crippen molar-refractivity contribution in [3.8, 4) is 11.5 Å². The highest BCUT2D eigenvalue weighted by Gasteiger charge is 2.09. The van der Waals surface area contributed by atoms with Gasteiger partial charge in [0, 0.05) is 23.6 Å². The third-order valence-electron chi connectivity index (χ3n) is 3.87. The monoisotopic (exact) mass is 391 g/mol. The minimum Gasteiger partial charge on any atom is -0.493 e. The van der Waals surface area contributed by atoms with E-state index < -0.39 is 5.97 Å². The Morgan fingerprint density at radius 1 is 1.11 bits per heavy atom. The fraction of sp³-hybridized carbons (Fsp3) is 0.300. The van der Waals surface area contributed by atoms with Crippen LogP contribution < -0.4 is 14.8 Å². The standard InChI is InChI=1S/C20H22ClNO5/c1-26-18-12-14(10-11-22-19(23)8-9-20(24)25)6-7-17(18)27-13-15-4-2-3-5-16(15)21/h2-7,12H,8-11,13H2,1H3,(H,22,23)(H,24,25). The van der Waals surface area contributed by atoms with E-state index >= 15 is 0 Å². The Hall–Kier alpha value is -2.73. The molecule has 6 nitrogen and oxygen atoms in total. The van der Waals surface area contributed by atoms with Crippen LogP contribution in [0.2, 0.25) is 5.02 Å². The van der Waals surface area contributed by atoms with Crippen molar-refractivity contribution in [3.05, 3.63) is 58.6 Å². The maximum absolute atomic E-state index is 11.5. The largest absolute Gasteiger partial charge is 0.493 e. The second-order valence-corrected chi connectivity index (χ2v) is 6.27. The van der Waals surface area contributed by atoms with Crippen LogP contribution in [0.25, 0.3) is 0 Å². The average molecular weight is 392 g/mol. The topological polar surface area (TPSA) is 84.9 Å². The SMILES string of the molecule is COc1cc(CCNC(=O)CCC(=O)O)ccc1OCc1ccccc1Cl. The van der Waals surface area contributed by atoms with Gasteiger partial charge in [0.2, 0.25) is 5.91 Å². The Morgan fingerprint density at radius 2 is 1.89 bits per heavy atom. The lowest BCUT2D eigenvalue weighted by molar-refractivity contribution is -0.138. The first-order valence-electron chi connectivity index (χ1n) is 8.51. The van der Waals surface area contributed by atoms with Gasteiger partial charge in [-0.3, -0.25) is 9.59 Å². The van der Waals surface area contributed by atoms with E-state index in [1.165, 1.54) is 0 Å². The minimum absolute atomic E-state index is 0.0204. The van der Waals surface area contributed by atoms with E-state index in [4.69, 9.17) is 26.2 Å². The van der Waals surface area contributed by atoms with Crippen LogP contribution in [0.1, 0.15) is 24.0 Å². The van der Waals surface area contributed by atoms with Crippen LogP contribution in [-0.4, -0.2) is 30.6 Å². The van der Waals surface area contributed by atoms with Gasteiger partial charge in [-0.1, -0.05) is 35.9 Å². The molecule has 2 aromatic rings. The van der Waals surface area contributed by atoms with E-state index in [0.29, 0.717) is 36.1 Å². The number of ether oxygens (including phenoxy) is 2. The fourth-order valence-electron chi connectivity index (χ4n) is 2.41. The molecule has 0 aromatic heterocycles. The zero-order valence-corrected chi connectivity index (χ0v) is 15.8. The minimum atomic E-state index is -0.984. The summed E-state index contributed by atoms with van der Waals surface area (Å²) in [5.74, 6) is -0.0604. The lowest BCUT2D eigenvalue weighted by Gasteiger charge is -2.13. The molecule has 7 heteroatoms. The zero-order chi connectivity index (χ0) is 19.6. The molecule has 2 N–H and O–H groups in total. The summed E-state index contributed by atoms with van der Waals surface area (Å²) in [5.41, 5.74) is 1.85. The average Bonchev–Trinajstić information content (AvgIpc) is 2.66. The Bertz CT molecular complexity index is 794. The molecule has 0 unspecified atom stereocenters. The van der Waals surface area contributed by atoms with Crippen LogP contribution in [0, 0.1) is 0 Å². The van der Waals surface area contributed by atoms with E-state index in [9.17, 15) is 9.59 Å². The molecule has 0 heterocycles. The van der Waals surface area contributed by atoms with E-state index in [0.717, 1.165) is 11.1 Å². The van der Waals surface area contributed by atoms with Crippen molar-refractivity contribution in [2.75, 3.05) is 13.7 Å². The number of carboxylic acids is 1. The molecule has 1 amide bonds. The number of hydrogen-bond acceptors (Lipinski definition) is 4. The van der Waals surface area contributed by atoms with Gasteiger partial charge in [0.1, 0.15) is 6.61 Å². The summed E-state index contributed by atoms with van der Waals surface area (Å²) in [6.07, 6.45) is 0.407. The Kier molecular flexibility index (Phi) is 7.95. The number of rotatable bonds is 10. The highest BCUT2D eigenvalue weighted by molar-refractivity contribution is 6.31. The highest BCUT2D eigenvalue weighted by atomic mass is 35.5. The summed E-state index contributed by atoms with van der Waals surface area (Å²) in [6.45, 7) is 0.746. The van der Waals surface area contributed by atoms with Gasteiger partial charge in [0.05, 0.1) is 13.5 Å². The van der Waals surface area contributed by atoms with Crippen molar-refractivity contribution in [2.24, 2.45) is 0 Å². The number of methoxy groups -OCH3 is 1. The van der Waals surface area contributed by atoms with Crippen molar-refractivity contribution in [2.45, 2.75) is 25.9 Å². The molecular weight excluding hydrogens is 370 g/mol. The third kappa shape index (κ3) is 6.83. The molecule has 144 valence electrons. The second kappa shape index (κ2) is 10.4. The summed E-state index contributed by atoms with van der Waals surface area (Å²) < 4.78 is 11.2. The molecule has 0 aliphatic rings. The summed E-state index contributed by atoms with van der Waals surface area (Å²) in [4.78, 5) is 22.0. The molecule has 0 bridgehead atoms. The maximum atomic E-state index is 11.5. The molecular formula is C20H22ClNO5. The number of halogens is 1.